The third kappa shape index (κ3) is 3.74. The smallest absolute Gasteiger partial charge is 0.303 e. The van der Waals surface area contributed by atoms with Crippen LogP contribution in [0.4, 0.5) is 8.78 Å². The first kappa shape index (κ1) is 18.8. The summed E-state index contributed by atoms with van der Waals surface area (Å²) in [7, 11) is 0. The van der Waals surface area contributed by atoms with Crippen LogP contribution >= 0.6 is 11.3 Å². The SMILES string of the molecule is CC.CCCc1ccc2cc(C3(OC(C)=O)CC(F)(F)C3)sc2n1. The van der Waals surface area contributed by atoms with Crippen molar-refractivity contribution in [1.29, 1.82) is 0 Å². The summed E-state index contributed by atoms with van der Waals surface area (Å²) in [5.41, 5.74) is -0.199. The van der Waals surface area contributed by atoms with Crippen LogP contribution in [-0.4, -0.2) is 16.9 Å². The van der Waals surface area contributed by atoms with Gasteiger partial charge in [0.05, 0.1) is 17.7 Å². The van der Waals surface area contributed by atoms with Gasteiger partial charge in [-0.15, -0.1) is 11.3 Å². The van der Waals surface area contributed by atoms with Gasteiger partial charge in [0.15, 0.2) is 5.60 Å². The summed E-state index contributed by atoms with van der Waals surface area (Å²) in [5, 5.41) is 0.904. The van der Waals surface area contributed by atoms with E-state index >= 15 is 0 Å². The zero-order valence-corrected chi connectivity index (χ0v) is 15.3. The molecule has 2 aromatic rings. The molecule has 0 aromatic carbocycles. The average Bonchev–Trinajstić information content (AvgIpc) is 2.90. The van der Waals surface area contributed by atoms with Crippen LogP contribution in [0, 0.1) is 0 Å². The number of halogens is 2. The Morgan fingerprint density at radius 1 is 1.33 bits per heavy atom. The second-order valence-corrected chi connectivity index (χ2v) is 6.89. The third-order valence-corrected chi connectivity index (χ3v) is 5.05. The number of hydrogen-bond donors (Lipinski definition) is 0. The highest BCUT2D eigenvalue weighted by Gasteiger charge is 2.60. The minimum atomic E-state index is -2.77. The maximum Gasteiger partial charge on any atom is 0.303 e. The molecule has 0 aliphatic heterocycles. The first-order valence-corrected chi connectivity index (χ1v) is 9.13. The average molecular weight is 355 g/mol. The molecule has 0 amide bonds. The molecule has 0 atom stereocenters. The Morgan fingerprint density at radius 3 is 2.54 bits per heavy atom. The molecule has 1 fully saturated rings. The predicted octanol–water partition coefficient (Wildman–Crippen LogP) is 5.46. The Labute approximate surface area is 145 Å². The van der Waals surface area contributed by atoms with E-state index in [2.05, 4.69) is 11.9 Å². The molecule has 2 aromatic heterocycles. The summed E-state index contributed by atoms with van der Waals surface area (Å²) in [4.78, 5) is 17.3. The highest BCUT2D eigenvalue weighted by molar-refractivity contribution is 7.18. The van der Waals surface area contributed by atoms with E-state index in [9.17, 15) is 13.6 Å². The molecule has 24 heavy (non-hydrogen) atoms. The molecule has 0 saturated heterocycles. The van der Waals surface area contributed by atoms with Crippen LogP contribution in [0.5, 0.6) is 0 Å². The number of nitrogens with zero attached hydrogens (tertiary/aromatic N) is 1. The number of aromatic nitrogens is 1. The van der Waals surface area contributed by atoms with E-state index in [0.29, 0.717) is 4.88 Å². The molecule has 6 heteroatoms. The Hall–Kier alpha value is -1.56. The van der Waals surface area contributed by atoms with Crippen molar-refractivity contribution in [3.8, 4) is 0 Å². The second-order valence-electron chi connectivity index (χ2n) is 5.86. The third-order valence-electron chi connectivity index (χ3n) is 3.82. The number of rotatable bonds is 4. The molecule has 0 radical (unpaired) electrons. The number of thiophene rings is 1. The molecule has 132 valence electrons. The molecule has 1 aliphatic rings. The van der Waals surface area contributed by atoms with Gasteiger partial charge >= 0.3 is 5.97 Å². The van der Waals surface area contributed by atoms with Gasteiger partial charge in [-0.1, -0.05) is 33.3 Å². The van der Waals surface area contributed by atoms with Crippen molar-refractivity contribution >= 4 is 27.5 Å². The normalized spacial score (nSPS) is 17.6. The summed E-state index contributed by atoms with van der Waals surface area (Å²) in [6.45, 7) is 7.33. The number of ether oxygens (including phenoxy) is 1. The number of aryl methyl sites for hydroxylation is 1. The van der Waals surface area contributed by atoms with E-state index in [1.54, 1.807) is 0 Å². The van der Waals surface area contributed by atoms with Crippen LogP contribution in [0.3, 0.4) is 0 Å². The number of carbonyl (C=O) groups excluding carboxylic acids is 1. The molecular formula is C18H23F2NO2S. The Kier molecular flexibility index (Phi) is 5.58. The van der Waals surface area contributed by atoms with Crippen molar-refractivity contribution in [2.24, 2.45) is 0 Å². The van der Waals surface area contributed by atoms with Gasteiger partial charge < -0.3 is 4.74 Å². The first-order valence-electron chi connectivity index (χ1n) is 8.31. The van der Waals surface area contributed by atoms with Crippen LogP contribution in [0.1, 0.15) is 57.5 Å². The van der Waals surface area contributed by atoms with Gasteiger partial charge in [0.2, 0.25) is 0 Å². The van der Waals surface area contributed by atoms with Crippen LogP contribution in [0.25, 0.3) is 10.2 Å². The number of alkyl halides is 2. The molecular weight excluding hydrogens is 332 g/mol. The predicted molar refractivity (Wildman–Crippen MR) is 92.6 cm³/mol. The van der Waals surface area contributed by atoms with Gasteiger partial charge in [-0.05, 0) is 18.6 Å². The Balaban J connectivity index is 0.00000100. The Morgan fingerprint density at radius 2 is 2.00 bits per heavy atom. The minimum Gasteiger partial charge on any atom is -0.453 e. The molecule has 0 N–H and O–H groups in total. The van der Waals surface area contributed by atoms with Crippen molar-refractivity contribution in [1.82, 2.24) is 4.98 Å². The summed E-state index contributed by atoms with van der Waals surface area (Å²) >= 11 is 1.34. The summed E-state index contributed by atoms with van der Waals surface area (Å²) in [5.74, 6) is -3.31. The van der Waals surface area contributed by atoms with Gasteiger partial charge in [0.1, 0.15) is 4.83 Å². The lowest BCUT2D eigenvalue weighted by Gasteiger charge is -2.45. The van der Waals surface area contributed by atoms with Gasteiger partial charge in [0.25, 0.3) is 5.92 Å². The van der Waals surface area contributed by atoms with Crippen molar-refractivity contribution in [3.05, 3.63) is 28.8 Å². The van der Waals surface area contributed by atoms with Crippen LogP contribution < -0.4 is 0 Å². The molecule has 2 heterocycles. The number of carbonyl (C=O) groups is 1. The lowest BCUT2D eigenvalue weighted by Crippen LogP contribution is -2.51. The zero-order chi connectivity index (χ0) is 18.0. The molecule has 0 spiro atoms. The van der Waals surface area contributed by atoms with E-state index in [1.807, 2.05) is 32.0 Å². The zero-order valence-electron chi connectivity index (χ0n) is 14.5. The van der Waals surface area contributed by atoms with Crippen LogP contribution in [0.2, 0.25) is 0 Å². The van der Waals surface area contributed by atoms with Gasteiger partial charge in [-0.3, -0.25) is 4.79 Å². The van der Waals surface area contributed by atoms with Gasteiger partial charge in [0, 0.05) is 18.0 Å². The largest absolute Gasteiger partial charge is 0.453 e. The molecule has 1 aliphatic carbocycles. The fourth-order valence-electron chi connectivity index (χ4n) is 2.93. The first-order chi connectivity index (χ1) is 11.3. The number of esters is 1. The molecule has 1 saturated carbocycles. The molecule has 0 bridgehead atoms. The van der Waals surface area contributed by atoms with E-state index in [4.69, 9.17) is 4.74 Å². The summed E-state index contributed by atoms with van der Waals surface area (Å²) in [6.07, 6.45) is 0.985. The van der Waals surface area contributed by atoms with Crippen LogP contribution in [-0.2, 0) is 21.6 Å². The molecule has 3 rings (SSSR count). The maximum atomic E-state index is 13.4. The van der Waals surface area contributed by atoms with Crippen molar-refractivity contribution in [2.45, 2.75) is 64.9 Å². The van der Waals surface area contributed by atoms with Gasteiger partial charge in [-0.25, -0.2) is 13.8 Å². The number of hydrogen-bond acceptors (Lipinski definition) is 4. The van der Waals surface area contributed by atoms with Crippen LogP contribution in [0.15, 0.2) is 18.2 Å². The van der Waals surface area contributed by atoms with E-state index < -0.39 is 30.3 Å². The highest BCUT2D eigenvalue weighted by Crippen LogP contribution is 2.56. The quantitative estimate of drug-likeness (QED) is 0.683. The monoisotopic (exact) mass is 355 g/mol. The summed E-state index contributed by atoms with van der Waals surface area (Å²) < 4.78 is 32.0. The fraction of sp³-hybridized carbons (Fsp3) is 0.556. The van der Waals surface area contributed by atoms with Crippen molar-refractivity contribution in [2.75, 3.05) is 0 Å². The van der Waals surface area contributed by atoms with E-state index in [-0.39, 0.29) is 0 Å². The van der Waals surface area contributed by atoms with Gasteiger partial charge in [-0.2, -0.15) is 0 Å². The van der Waals surface area contributed by atoms with E-state index in [0.717, 1.165) is 28.8 Å². The lowest BCUT2D eigenvalue weighted by molar-refractivity contribution is -0.228. The second kappa shape index (κ2) is 7.13. The number of pyridine rings is 1. The van der Waals surface area contributed by atoms with Crippen molar-refractivity contribution < 1.29 is 18.3 Å². The summed E-state index contributed by atoms with van der Waals surface area (Å²) in [6, 6.07) is 5.72. The maximum absolute atomic E-state index is 13.4. The highest BCUT2D eigenvalue weighted by atomic mass is 32.1. The fourth-order valence-corrected chi connectivity index (χ4v) is 4.11. The number of fused-ring (bicyclic) bond motifs is 1. The van der Waals surface area contributed by atoms with E-state index in [1.165, 1.54) is 18.3 Å². The Bertz CT molecular complexity index is 719. The topological polar surface area (TPSA) is 39.2 Å². The standard InChI is InChI=1S/C16H17F2NO2S.C2H6/c1-3-4-12-6-5-11-7-13(22-14(11)19-12)15(21-10(2)20)8-16(17,18)9-15;1-2/h5-7H,3-4,8-9H2,1-2H3;1-2H3. The lowest BCUT2D eigenvalue weighted by atomic mass is 9.75. The minimum absolute atomic E-state index is 0.450. The van der Waals surface area contributed by atoms with Crippen molar-refractivity contribution in [3.63, 3.8) is 0 Å². The molecule has 0 unspecified atom stereocenters. The molecule has 3 nitrogen and oxygen atoms in total.